The molecular weight excluding hydrogens is 570 g/mol. The number of aromatic nitrogens is 2. The minimum Gasteiger partial charge on any atom is -0.466 e. The van der Waals surface area contributed by atoms with Gasteiger partial charge >= 0.3 is 5.97 Å². The molecule has 0 N–H and O–H groups in total. The maximum Gasteiger partial charge on any atom is 0.310 e. The number of piperidine rings is 1. The van der Waals surface area contributed by atoms with E-state index in [1.165, 1.54) is 5.56 Å². The standard InChI is InChI=1S/C35H43N5O3S/c1-4-43-34(42)31-13-9-19-40(24-31)33(41)30-16-14-29(15-17-30)25-44-35-36-27(3)26(2)32(37-35)39-22-20-38(21-23-39)18-8-12-28-10-6-5-7-11-28/h5-8,10-12,14-17,31H,4,9,13,18-25H2,1-3H3/b12-8+. The predicted molar refractivity (Wildman–Crippen MR) is 177 cm³/mol. The molecule has 44 heavy (non-hydrogen) atoms. The Labute approximate surface area is 265 Å². The number of anilines is 1. The lowest BCUT2D eigenvalue weighted by Gasteiger charge is -2.35. The highest BCUT2D eigenvalue weighted by molar-refractivity contribution is 7.98. The van der Waals surface area contributed by atoms with Crippen LogP contribution < -0.4 is 4.90 Å². The van der Waals surface area contributed by atoms with E-state index < -0.39 is 0 Å². The van der Waals surface area contributed by atoms with Crippen LogP contribution in [0.25, 0.3) is 6.08 Å². The Hall–Kier alpha value is -3.69. The summed E-state index contributed by atoms with van der Waals surface area (Å²) in [4.78, 5) is 41.7. The average Bonchev–Trinajstić information content (AvgIpc) is 3.06. The molecule has 3 heterocycles. The van der Waals surface area contributed by atoms with Crippen molar-refractivity contribution >= 4 is 35.5 Å². The Morgan fingerprint density at radius 3 is 2.45 bits per heavy atom. The van der Waals surface area contributed by atoms with E-state index in [1.807, 2.05) is 37.3 Å². The summed E-state index contributed by atoms with van der Waals surface area (Å²) in [5.41, 5.74) is 5.13. The van der Waals surface area contributed by atoms with Crippen LogP contribution in [0.5, 0.6) is 0 Å². The lowest BCUT2D eigenvalue weighted by atomic mass is 9.97. The number of ether oxygens (including phenoxy) is 1. The van der Waals surface area contributed by atoms with Crippen molar-refractivity contribution in [3.05, 3.63) is 88.6 Å². The Bertz CT molecular complexity index is 1440. The van der Waals surface area contributed by atoms with Crippen LogP contribution in [-0.4, -0.2) is 84.1 Å². The summed E-state index contributed by atoms with van der Waals surface area (Å²) in [6, 6.07) is 18.2. The van der Waals surface area contributed by atoms with Gasteiger partial charge in [-0.2, -0.15) is 0 Å². The normalized spacial score (nSPS) is 17.7. The highest BCUT2D eigenvalue weighted by Crippen LogP contribution is 2.27. The van der Waals surface area contributed by atoms with Gasteiger partial charge in [0, 0.05) is 68.4 Å². The third-order valence-corrected chi connectivity index (χ3v) is 9.30. The molecule has 0 saturated carbocycles. The zero-order valence-corrected chi connectivity index (χ0v) is 26.9. The highest BCUT2D eigenvalue weighted by Gasteiger charge is 2.30. The van der Waals surface area contributed by atoms with E-state index in [0.717, 1.165) is 73.4 Å². The summed E-state index contributed by atoms with van der Waals surface area (Å²) in [5, 5.41) is 0.773. The molecule has 0 aliphatic carbocycles. The summed E-state index contributed by atoms with van der Waals surface area (Å²) in [7, 11) is 0. The first-order chi connectivity index (χ1) is 21.4. The molecule has 5 rings (SSSR count). The molecular formula is C35H43N5O3S. The molecule has 1 aromatic heterocycles. The molecule has 9 heteroatoms. The zero-order chi connectivity index (χ0) is 30.9. The Kier molecular flexibility index (Phi) is 11.1. The Balaban J connectivity index is 1.14. The third kappa shape index (κ3) is 8.27. The number of esters is 1. The lowest BCUT2D eigenvalue weighted by molar-refractivity contribution is -0.149. The van der Waals surface area contributed by atoms with Crippen molar-refractivity contribution in [3.63, 3.8) is 0 Å². The monoisotopic (exact) mass is 613 g/mol. The summed E-state index contributed by atoms with van der Waals surface area (Å²) in [5.74, 6) is 1.27. The molecule has 2 saturated heterocycles. The van der Waals surface area contributed by atoms with Crippen LogP contribution in [0.2, 0.25) is 0 Å². The van der Waals surface area contributed by atoms with Gasteiger partial charge in [-0.15, -0.1) is 0 Å². The molecule has 2 aliphatic rings. The minimum atomic E-state index is -0.239. The first kappa shape index (κ1) is 31.7. The number of benzene rings is 2. The fourth-order valence-electron chi connectivity index (χ4n) is 5.69. The van der Waals surface area contributed by atoms with Crippen molar-refractivity contribution in [3.8, 4) is 0 Å². The van der Waals surface area contributed by atoms with Crippen molar-refractivity contribution in [1.82, 2.24) is 19.8 Å². The Morgan fingerprint density at radius 1 is 0.977 bits per heavy atom. The predicted octanol–water partition coefficient (Wildman–Crippen LogP) is 5.64. The number of hydrogen-bond acceptors (Lipinski definition) is 8. The highest BCUT2D eigenvalue weighted by atomic mass is 32.2. The topological polar surface area (TPSA) is 78.9 Å². The van der Waals surface area contributed by atoms with Gasteiger partial charge < -0.3 is 14.5 Å². The molecule has 8 nitrogen and oxygen atoms in total. The number of nitrogens with zero attached hydrogens (tertiary/aromatic N) is 5. The van der Waals surface area contributed by atoms with Crippen molar-refractivity contribution in [2.24, 2.45) is 5.92 Å². The Morgan fingerprint density at radius 2 is 1.73 bits per heavy atom. The molecule has 2 aliphatic heterocycles. The van der Waals surface area contributed by atoms with E-state index in [4.69, 9.17) is 14.7 Å². The van der Waals surface area contributed by atoms with E-state index in [-0.39, 0.29) is 17.8 Å². The zero-order valence-electron chi connectivity index (χ0n) is 26.1. The largest absolute Gasteiger partial charge is 0.466 e. The number of aryl methyl sites for hydroxylation is 1. The van der Waals surface area contributed by atoms with Crippen molar-refractivity contribution in [2.75, 3.05) is 57.3 Å². The van der Waals surface area contributed by atoms with Crippen LogP contribution >= 0.6 is 11.8 Å². The second-order valence-corrected chi connectivity index (χ2v) is 12.4. The molecule has 2 aromatic carbocycles. The molecule has 232 valence electrons. The van der Waals surface area contributed by atoms with Crippen molar-refractivity contribution in [1.29, 1.82) is 0 Å². The summed E-state index contributed by atoms with van der Waals surface area (Å²) in [6.07, 6.45) is 6.02. The SMILES string of the molecule is CCOC(=O)C1CCCN(C(=O)c2ccc(CSc3nc(C)c(C)c(N4CCN(C/C=C/c5ccccc5)CC4)n3)cc2)C1. The van der Waals surface area contributed by atoms with Gasteiger partial charge in [0.2, 0.25) is 0 Å². The summed E-state index contributed by atoms with van der Waals surface area (Å²) >= 11 is 1.62. The lowest BCUT2D eigenvalue weighted by Crippen LogP contribution is -2.47. The van der Waals surface area contributed by atoms with Crippen molar-refractivity contribution < 1.29 is 14.3 Å². The van der Waals surface area contributed by atoms with Crippen LogP contribution in [-0.2, 0) is 15.3 Å². The molecule has 2 fully saturated rings. The van der Waals surface area contributed by atoms with Gasteiger partial charge in [0.1, 0.15) is 5.82 Å². The maximum atomic E-state index is 13.1. The molecule has 1 unspecified atom stereocenters. The van der Waals surface area contributed by atoms with Crippen LogP contribution in [0, 0.1) is 19.8 Å². The number of thioether (sulfide) groups is 1. The summed E-state index contributed by atoms with van der Waals surface area (Å²) < 4.78 is 5.18. The fourth-order valence-corrected chi connectivity index (χ4v) is 6.53. The molecule has 0 bridgehead atoms. The summed E-state index contributed by atoms with van der Waals surface area (Å²) in [6.45, 7) is 12.2. The fraction of sp³-hybridized carbons (Fsp3) is 0.429. The van der Waals surface area contributed by atoms with Crippen molar-refractivity contribution in [2.45, 2.75) is 44.5 Å². The second-order valence-electron chi connectivity index (χ2n) is 11.5. The minimum absolute atomic E-state index is 0.0346. The van der Waals surface area contributed by atoms with Gasteiger partial charge in [0.25, 0.3) is 5.91 Å². The quantitative estimate of drug-likeness (QED) is 0.165. The van der Waals surface area contributed by atoms with Crippen LogP contribution in [0.3, 0.4) is 0 Å². The van der Waals surface area contributed by atoms with E-state index >= 15 is 0 Å². The number of amides is 1. The number of carbonyl (C=O) groups excluding carboxylic acids is 2. The van der Waals surface area contributed by atoms with E-state index in [0.29, 0.717) is 31.0 Å². The van der Waals surface area contributed by atoms with E-state index in [2.05, 4.69) is 60.1 Å². The van der Waals surface area contributed by atoms with E-state index in [1.54, 1.807) is 16.7 Å². The molecule has 3 aromatic rings. The molecule has 0 spiro atoms. The first-order valence-electron chi connectivity index (χ1n) is 15.6. The first-order valence-corrected chi connectivity index (χ1v) is 16.6. The number of piperazine rings is 1. The van der Waals surface area contributed by atoms with E-state index in [9.17, 15) is 9.59 Å². The number of hydrogen-bond donors (Lipinski definition) is 0. The number of carbonyl (C=O) groups is 2. The number of likely N-dealkylation sites (tertiary alicyclic amines) is 1. The van der Waals surface area contributed by atoms with Crippen LogP contribution in [0.4, 0.5) is 5.82 Å². The molecule has 1 atom stereocenters. The van der Waals surface area contributed by atoms with Gasteiger partial charge in [0.05, 0.1) is 12.5 Å². The van der Waals surface area contributed by atoms with Gasteiger partial charge in [0.15, 0.2) is 5.16 Å². The third-order valence-electron chi connectivity index (χ3n) is 8.39. The molecule has 1 amide bonds. The smallest absolute Gasteiger partial charge is 0.310 e. The van der Waals surface area contributed by atoms with Crippen LogP contribution in [0.15, 0.2) is 65.8 Å². The number of rotatable bonds is 10. The van der Waals surface area contributed by atoms with Gasteiger partial charge in [-0.05, 0) is 56.9 Å². The van der Waals surface area contributed by atoms with Gasteiger partial charge in [-0.25, -0.2) is 9.97 Å². The van der Waals surface area contributed by atoms with Crippen LogP contribution in [0.1, 0.15) is 52.5 Å². The average molecular weight is 614 g/mol. The molecule has 0 radical (unpaired) electrons. The maximum absolute atomic E-state index is 13.1. The second kappa shape index (κ2) is 15.3. The van der Waals surface area contributed by atoms with Gasteiger partial charge in [-0.3, -0.25) is 14.5 Å². The van der Waals surface area contributed by atoms with Gasteiger partial charge in [-0.1, -0.05) is 66.4 Å².